The van der Waals surface area contributed by atoms with Crippen molar-refractivity contribution in [1.82, 2.24) is 9.80 Å². The van der Waals surface area contributed by atoms with Crippen molar-refractivity contribution in [2.24, 2.45) is 5.73 Å². The highest BCUT2D eigenvalue weighted by Crippen LogP contribution is 2.23. The molecule has 0 spiro atoms. The van der Waals surface area contributed by atoms with Crippen LogP contribution in [0.1, 0.15) is 26.2 Å². The van der Waals surface area contributed by atoms with E-state index in [1.54, 1.807) is 6.92 Å². The molecule has 0 aromatic carbocycles. The summed E-state index contributed by atoms with van der Waals surface area (Å²) >= 11 is 0. The highest BCUT2D eigenvalue weighted by atomic mass is 16.2. The minimum absolute atomic E-state index is 0.206. The Morgan fingerprint density at radius 1 is 1.20 bits per heavy atom. The summed E-state index contributed by atoms with van der Waals surface area (Å²) in [5, 5.41) is 0. The first-order valence-corrected chi connectivity index (χ1v) is 5.92. The monoisotopic (exact) mass is 211 g/mol. The molecule has 2 aliphatic rings. The average Bonchev–Trinajstić information content (AvgIpc) is 2.65. The quantitative estimate of drug-likeness (QED) is 0.666. The van der Waals surface area contributed by atoms with Gasteiger partial charge in [-0.05, 0) is 19.3 Å². The van der Waals surface area contributed by atoms with E-state index in [-0.39, 0.29) is 5.91 Å². The molecule has 2 atom stereocenters. The molecule has 4 heteroatoms. The van der Waals surface area contributed by atoms with Crippen molar-refractivity contribution >= 4 is 5.91 Å². The first kappa shape index (κ1) is 10.9. The standard InChI is InChI=1S/C11H21N3O/c1-9(15)13-4-6-14(7-5-13)11-3-2-10(12)8-11/h10-11H,2-8,12H2,1H3. The van der Waals surface area contributed by atoms with Crippen LogP contribution in [0.2, 0.25) is 0 Å². The molecule has 2 rings (SSSR count). The Bertz CT molecular complexity index is 236. The normalized spacial score (nSPS) is 33.3. The lowest BCUT2D eigenvalue weighted by Gasteiger charge is -2.37. The van der Waals surface area contributed by atoms with Crippen molar-refractivity contribution in [2.45, 2.75) is 38.3 Å². The predicted molar refractivity (Wildman–Crippen MR) is 59.4 cm³/mol. The zero-order chi connectivity index (χ0) is 10.8. The van der Waals surface area contributed by atoms with Gasteiger partial charge in [0.2, 0.25) is 5.91 Å². The molecule has 86 valence electrons. The lowest BCUT2D eigenvalue weighted by Crippen LogP contribution is -2.51. The zero-order valence-corrected chi connectivity index (χ0v) is 9.48. The van der Waals surface area contributed by atoms with Crippen LogP contribution in [0.4, 0.5) is 0 Å². The molecule has 1 heterocycles. The molecular weight excluding hydrogens is 190 g/mol. The maximum absolute atomic E-state index is 11.2. The number of hydrogen-bond acceptors (Lipinski definition) is 3. The third-order valence-corrected chi connectivity index (χ3v) is 3.72. The van der Waals surface area contributed by atoms with Crippen LogP contribution in [-0.2, 0) is 4.79 Å². The highest BCUT2D eigenvalue weighted by molar-refractivity contribution is 5.73. The first-order chi connectivity index (χ1) is 7.16. The SMILES string of the molecule is CC(=O)N1CCN(C2CCC(N)C2)CC1. The van der Waals surface area contributed by atoms with Crippen molar-refractivity contribution < 1.29 is 4.79 Å². The lowest BCUT2D eigenvalue weighted by atomic mass is 10.1. The van der Waals surface area contributed by atoms with Gasteiger partial charge >= 0.3 is 0 Å². The van der Waals surface area contributed by atoms with E-state index in [9.17, 15) is 4.79 Å². The van der Waals surface area contributed by atoms with E-state index in [0.29, 0.717) is 12.1 Å². The van der Waals surface area contributed by atoms with Crippen LogP contribution in [0.5, 0.6) is 0 Å². The number of rotatable bonds is 1. The van der Waals surface area contributed by atoms with E-state index < -0.39 is 0 Å². The molecule has 0 aromatic heterocycles. The fourth-order valence-corrected chi connectivity index (χ4v) is 2.73. The minimum atomic E-state index is 0.206. The van der Waals surface area contributed by atoms with Crippen molar-refractivity contribution in [1.29, 1.82) is 0 Å². The van der Waals surface area contributed by atoms with Crippen LogP contribution < -0.4 is 5.73 Å². The third kappa shape index (κ3) is 2.49. The van der Waals surface area contributed by atoms with Crippen molar-refractivity contribution in [2.75, 3.05) is 26.2 Å². The summed E-state index contributed by atoms with van der Waals surface area (Å²) in [6.45, 7) is 5.48. The first-order valence-electron chi connectivity index (χ1n) is 5.92. The van der Waals surface area contributed by atoms with Gasteiger partial charge in [0, 0.05) is 45.2 Å². The summed E-state index contributed by atoms with van der Waals surface area (Å²) in [5.41, 5.74) is 5.92. The van der Waals surface area contributed by atoms with Crippen LogP contribution in [0.3, 0.4) is 0 Å². The smallest absolute Gasteiger partial charge is 0.219 e. The second-order valence-electron chi connectivity index (χ2n) is 4.77. The van der Waals surface area contributed by atoms with Gasteiger partial charge in [-0.3, -0.25) is 9.69 Å². The second kappa shape index (κ2) is 4.49. The average molecular weight is 211 g/mol. The van der Waals surface area contributed by atoms with Gasteiger partial charge in [0.05, 0.1) is 0 Å². The van der Waals surface area contributed by atoms with Gasteiger partial charge in [-0.15, -0.1) is 0 Å². The largest absolute Gasteiger partial charge is 0.340 e. The fraction of sp³-hybridized carbons (Fsp3) is 0.909. The maximum Gasteiger partial charge on any atom is 0.219 e. The van der Waals surface area contributed by atoms with Crippen LogP contribution in [0.25, 0.3) is 0 Å². The number of amides is 1. The van der Waals surface area contributed by atoms with Crippen molar-refractivity contribution in [3.63, 3.8) is 0 Å². The van der Waals surface area contributed by atoms with Crippen molar-refractivity contribution in [3.8, 4) is 0 Å². The number of carbonyl (C=O) groups is 1. The minimum Gasteiger partial charge on any atom is -0.340 e. The summed E-state index contributed by atoms with van der Waals surface area (Å²) in [7, 11) is 0. The Kier molecular flexibility index (Phi) is 3.26. The summed E-state index contributed by atoms with van der Waals surface area (Å²) in [6, 6.07) is 1.08. The second-order valence-corrected chi connectivity index (χ2v) is 4.77. The molecule has 4 nitrogen and oxygen atoms in total. The van der Waals surface area contributed by atoms with Gasteiger partial charge in [0.15, 0.2) is 0 Å². The molecule has 1 aliphatic carbocycles. The lowest BCUT2D eigenvalue weighted by molar-refractivity contribution is -0.130. The van der Waals surface area contributed by atoms with E-state index in [2.05, 4.69) is 4.90 Å². The zero-order valence-electron chi connectivity index (χ0n) is 9.48. The number of hydrogen-bond donors (Lipinski definition) is 1. The molecule has 2 N–H and O–H groups in total. The molecule has 1 saturated heterocycles. The number of carbonyl (C=O) groups excluding carboxylic acids is 1. The summed E-state index contributed by atoms with van der Waals surface area (Å²) in [5.74, 6) is 0.206. The van der Waals surface area contributed by atoms with Crippen LogP contribution in [0.15, 0.2) is 0 Å². The molecule has 0 bridgehead atoms. The Labute approximate surface area is 91.4 Å². The van der Waals surface area contributed by atoms with Crippen molar-refractivity contribution in [3.05, 3.63) is 0 Å². The molecule has 2 fully saturated rings. The molecule has 15 heavy (non-hydrogen) atoms. The number of piperazine rings is 1. The molecule has 1 aliphatic heterocycles. The van der Waals surface area contributed by atoms with Gasteiger partial charge < -0.3 is 10.6 Å². The van der Waals surface area contributed by atoms with Gasteiger partial charge in [0.25, 0.3) is 0 Å². The van der Waals surface area contributed by atoms with E-state index in [4.69, 9.17) is 5.73 Å². The van der Waals surface area contributed by atoms with Gasteiger partial charge in [-0.2, -0.15) is 0 Å². The van der Waals surface area contributed by atoms with E-state index in [0.717, 1.165) is 39.0 Å². The van der Waals surface area contributed by atoms with Crippen LogP contribution in [0, 0.1) is 0 Å². The summed E-state index contributed by atoms with van der Waals surface area (Å²) in [6.07, 6.45) is 3.54. The van der Waals surface area contributed by atoms with E-state index >= 15 is 0 Å². The van der Waals surface area contributed by atoms with Crippen LogP contribution >= 0.6 is 0 Å². The number of nitrogens with two attached hydrogens (primary N) is 1. The van der Waals surface area contributed by atoms with E-state index in [1.165, 1.54) is 6.42 Å². The Morgan fingerprint density at radius 3 is 2.33 bits per heavy atom. The molecule has 2 unspecified atom stereocenters. The van der Waals surface area contributed by atoms with Gasteiger partial charge in [0.1, 0.15) is 0 Å². The fourth-order valence-electron chi connectivity index (χ4n) is 2.73. The third-order valence-electron chi connectivity index (χ3n) is 3.72. The van der Waals surface area contributed by atoms with Crippen LogP contribution in [-0.4, -0.2) is 54.0 Å². The molecule has 1 saturated carbocycles. The Balaban J connectivity index is 1.80. The molecule has 1 amide bonds. The maximum atomic E-state index is 11.2. The predicted octanol–water partition coefficient (Wildman–Crippen LogP) is 0.0303. The van der Waals surface area contributed by atoms with Gasteiger partial charge in [-0.1, -0.05) is 0 Å². The highest BCUT2D eigenvalue weighted by Gasteiger charge is 2.29. The molecule has 0 aromatic rings. The van der Waals surface area contributed by atoms with Gasteiger partial charge in [-0.25, -0.2) is 0 Å². The summed E-state index contributed by atoms with van der Waals surface area (Å²) < 4.78 is 0. The topological polar surface area (TPSA) is 49.6 Å². The van der Waals surface area contributed by atoms with E-state index in [1.807, 2.05) is 4.90 Å². The number of nitrogens with zero attached hydrogens (tertiary/aromatic N) is 2. The Hall–Kier alpha value is -0.610. The molecule has 0 radical (unpaired) electrons. The summed E-state index contributed by atoms with van der Waals surface area (Å²) in [4.78, 5) is 15.6. The molecular formula is C11H21N3O. The Morgan fingerprint density at radius 2 is 1.87 bits per heavy atom.